The topological polar surface area (TPSA) is 67.5 Å². The molecule has 1 aliphatic heterocycles. The van der Waals surface area contributed by atoms with Crippen molar-refractivity contribution in [1.82, 2.24) is 14.9 Å². The van der Waals surface area contributed by atoms with Gasteiger partial charge in [-0.15, -0.1) is 0 Å². The largest absolute Gasteiger partial charge is 0.496 e. The smallest absolute Gasteiger partial charge is 0.256 e. The second kappa shape index (κ2) is 7.27. The Morgan fingerprint density at radius 1 is 1.29 bits per heavy atom. The Hall–Kier alpha value is -1.99. The van der Waals surface area contributed by atoms with Crippen LogP contribution in [0.4, 0.5) is 0 Å². The molecule has 1 aromatic heterocycles. The van der Waals surface area contributed by atoms with Crippen molar-refractivity contribution in [2.45, 2.75) is 24.7 Å². The van der Waals surface area contributed by atoms with Gasteiger partial charge in [-0.1, -0.05) is 17.8 Å². The summed E-state index contributed by atoms with van der Waals surface area (Å²) in [5.74, 6) is 1.59. The quantitative estimate of drug-likeness (QED) is 0.660. The van der Waals surface area contributed by atoms with Gasteiger partial charge >= 0.3 is 0 Å². The molecule has 1 N–H and O–H groups in total. The summed E-state index contributed by atoms with van der Waals surface area (Å²) >= 11 is 1.46. The zero-order valence-corrected chi connectivity index (χ0v) is 14.9. The Morgan fingerprint density at radius 2 is 2.00 bits per heavy atom. The van der Waals surface area contributed by atoms with E-state index in [2.05, 4.69) is 14.9 Å². The molecule has 0 bridgehead atoms. The monoisotopic (exact) mass is 347 g/mol. The molecule has 0 fully saturated rings. The van der Waals surface area contributed by atoms with Crippen LogP contribution in [0.25, 0.3) is 0 Å². The molecular weight excluding hydrogens is 326 g/mol. The Balaban J connectivity index is 1.86. The van der Waals surface area contributed by atoms with Gasteiger partial charge < -0.3 is 14.5 Å². The summed E-state index contributed by atoms with van der Waals surface area (Å²) in [6.45, 7) is 2.09. The summed E-state index contributed by atoms with van der Waals surface area (Å²) in [6.07, 6.45) is 2.68. The summed E-state index contributed by atoms with van der Waals surface area (Å²) in [7, 11) is 3.31. The van der Waals surface area contributed by atoms with E-state index in [-0.39, 0.29) is 5.56 Å². The molecule has 3 rings (SSSR count). The van der Waals surface area contributed by atoms with Gasteiger partial charge in [-0.25, -0.2) is 4.98 Å². The lowest BCUT2D eigenvalue weighted by Gasteiger charge is -2.28. The third kappa shape index (κ3) is 3.27. The van der Waals surface area contributed by atoms with Crippen LogP contribution < -0.4 is 15.0 Å². The zero-order chi connectivity index (χ0) is 17.1. The first-order chi connectivity index (χ1) is 11.7. The van der Waals surface area contributed by atoms with Gasteiger partial charge in [0, 0.05) is 26.1 Å². The highest BCUT2D eigenvalue weighted by Gasteiger charge is 2.23. The lowest BCUT2D eigenvalue weighted by Crippen LogP contribution is -2.35. The highest BCUT2D eigenvalue weighted by molar-refractivity contribution is 7.98. The average Bonchev–Trinajstić information content (AvgIpc) is 2.62. The Labute approximate surface area is 145 Å². The minimum atomic E-state index is -0.0407. The second-order valence-corrected chi connectivity index (χ2v) is 6.40. The van der Waals surface area contributed by atoms with E-state index in [0.29, 0.717) is 18.2 Å². The fourth-order valence-electron chi connectivity index (χ4n) is 3.00. The van der Waals surface area contributed by atoms with Crippen LogP contribution in [-0.4, -0.2) is 41.9 Å². The van der Waals surface area contributed by atoms with Crippen LogP contribution in [0, 0.1) is 0 Å². The predicted molar refractivity (Wildman–Crippen MR) is 94.0 cm³/mol. The van der Waals surface area contributed by atoms with Crippen LogP contribution in [0.1, 0.15) is 16.8 Å². The van der Waals surface area contributed by atoms with Gasteiger partial charge in [-0.05, 0) is 18.4 Å². The molecule has 0 radical (unpaired) electrons. The minimum Gasteiger partial charge on any atom is -0.496 e. The van der Waals surface area contributed by atoms with E-state index in [1.807, 2.05) is 24.5 Å². The normalized spacial score (nSPS) is 14.3. The molecule has 24 heavy (non-hydrogen) atoms. The van der Waals surface area contributed by atoms with Crippen molar-refractivity contribution in [1.29, 1.82) is 0 Å². The van der Waals surface area contributed by atoms with Crippen molar-refractivity contribution in [2.75, 3.05) is 27.0 Å². The molecule has 1 aromatic carbocycles. The minimum absolute atomic E-state index is 0.0407. The molecule has 0 amide bonds. The van der Waals surface area contributed by atoms with E-state index < -0.39 is 0 Å². The summed E-state index contributed by atoms with van der Waals surface area (Å²) in [6, 6.07) is 5.76. The van der Waals surface area contributed by atoms with Crippen LogP contribution in [0.15, 0.2) is 28.2 Å². The number of methoxy groups -OCH3 is 2. The van der Waals surface area contributed by atoms with Crippen molar-refractivity contribution < 1.29 is 9.47 Å². The van der Waals surface area contributed by atoms with Gasteiger partial charge in [0.1, 0.15) is 11.5 Å². The maximum absolute atomic E-state index is 12.3. The lowest BCUT2D eigenvalue weighted by atomic mass is 10.1. The molecule has 0 aliphatic carbocycles. The fourth-order valence-corrected chi connectivity index (χ4v) is 3.39. The number of rotatable bonds is 5. The number of H-pyrrole nitrogens is 1. The van der Waals surface area contributed by atoms with Crippen molar-refractivity contribution in [3.05, 3.63) is 45.4 Å². The molecule has 2 aromatic rings. The van der Waals surface area contributed by atoms with Crippen LogP contribution >= 0.6 is 11.8 Å². The van der Waals surface area contributed by atoms with Gasteiger partial charge in [0.05, 0.1) is 31.0 Å². The van der Waals surface area contributed by atoms with Gasteiger partial charge in [0.2, 0.25) is 0 Å². The predicted octanol–water partition coefficient (Wildman–Crippen LogP) is 2.07. The molecule has 0 saturated carbocycles. The van der Waals surface area contributed by atoms with Gasteiger partial charge in [-0.3, -0.25) is 9.69 Å². The maximum Gasteiger partial charge on any atom is 0.256 e. The molecule has 1 aliphatic rings. The number of aromatic nitrogens is 2. The van der Waals surface area contributed by atoms with Crippen molar-refractivity contribution in [3.63, 3.8) is 0 Å². The second-order valence-electron chi connectivity index (χ2n) is 5.60. The molecule has 0 saturated heterocycles. The summed E-state index contributed by atoms with van der Waals surface area (Å²) < 4.78 is 10.9. The van der Waals surface area contributed by atoms with Gasteiger partial charge in [0.25, 0.3) is 5.56 Å². The highest BCUT2D eigenvalue weighted by atomic mass is 32.2. The molecular formula is C17H21N3O3S. The summed E-state index contributed by atoms with van der Waals surface area (Å²) in [5, 5.41) is 0.679. The summed E-state index contributed by atoms with van der Waals surface area (Å²) in [5.41, 5.74) is 2.62. The lowest BCUT2D eigenvalue weighted by molar-refractivity contribution is 0.233. The number of benzene rings is 1. The van der Waals surface area contributed by atoms with E-state index in [1.165, 1.54) is 11.8 Å². The summed E-state index contributed by atoms with van der Waals surface area (Å²) in [4.78, 5) is 21.9. The Morgan fingerprint density at radius 3 is 2.62 bits per heavy atom. The molecule has 2 heterocycles. The van der Waals surface area contributed by atoms with Crippen LogP contribution in [-0.2, 0) is 19.5 Å². The zero-order valence-electron chi connectivity index (χ0n) is 14.1. The first-order valence-corrected chi connectivity index (χ1v) is 8.97. The third-order valence-corrected chi connectivity index (χ3v) is 4.81. The fraction of sp³-hybridized carbons (Fsp3) is 0.412. The number of aromatic amines is 1. The van der Waals surface area contributed by atoms with E-state index in [1.54, 1.807) is 14.2 Å². The molecule has 7 heteroatoms. The number of thioether (sulfide) groups is 1. The molecule has 0 spiro atoms. The van der Waals surface area contributed by atoms with E-state index in [9.17, 15) is 4.79 Å². The first kappa shape index (κ1) is 16.9. The molecule has 6 nitrogen and oxygen atoms in total. The number of hydrogen-bond acceptors (Lipinski definition) is 6. The van der Waals surface area contributed by atoms with Crippen LogP contribution in [0.5, 0.6) is 11.5 Å². The van der Waals surface area contributed by atoms with Gasteiger partial charge in [0.15, 0.2) is 5.16 Å². The Bertz CT molecular complexity index is 769. The van der Waals surface area contributed by atoms with Crippen LogP contribution in [0.3, 0.4) is 0 Å². The molecule has 0 atom stereocenters. The van der Waals surface area contributed by atoms with E-state index >= 15 is 0 Å². The first-order valence-electron chi connectivity index (χ1n) is 7.74. The van der Waals surface area contributed by atoms with Gasteiger partial charge in [-0.2, -0.15) is 0 Å². The van der Waals surface area contributed by atoms with Crippen molar-refractivity contribution >= 4 is 11.8 Å². The van der Waals surface area contributed by atoms with Crippen LogP contribution in [0.2, 0.25) is 0 Å². The van der Waals surface area contributed by atoms with E-state index in [4.69, 9.17) is 9.47 Å². The number of nitrogens with one attached hydrogen (secondary N) is 1. The number of nitrogens with zero attached hydrogens (tertiary/aromatic N) is 2. The number of hydrogen-bond donors (Lipinski definition) is 1. The van der Waals surface area contributed by atoms with Crippen molar-refractivity contribution in [2.24, 2.45) is 0 Å². The third-order valence-electron chi connectivity index (χ3n) is 4.23. The van der Waals surface area contributed by atoms with E-state index in [0.717, 1.165) is 41.3 Å². The van der Waals surface area contributed by atoms with Crippen molar-refractivity contribution in [3.8, 4) is 11.5 Å². The maximum atomic E-state index is 12.3. The number of fused-ring (bicyclic) bond motifs is 1. The number of ether oxygens (including phenoxy) is 2. The SMILES string of the molecule is COc1cccc(OC)c1CN1CCc2nc(SC)[nH]c(=O)c2C1. The Kier molecular flexibility index (Phi) is 5.11. The molecule has 128 valence electrons. The average molecular weight is 347 g/mol. The molecule has 0 unspecified atom stereocenters. The highest BCUT2D eigenvalue weighted by Crippen LogP contribution is 2.30. The standard InChI is InChI=1S/C17H21N3O3S/c1-22-14-5-4-6-15(23-2)12(14)10-20-8-7-13-11(9-20)16(21)19-17(18-13)24-3/h4-6H,7-10H2,1-3H3,(H,18,19,21).